The molecule has 0 fully saturated rings. The monoisotopic (exact) mass is 273 g/mol. The second kappa shape index (κ2) is 6.64. The van der Waals surface area contributed by atoms with Crippen LogP contribution in [-0.2, 0) is 12.3 Å². The maximum atomic E-state index is 5.64. The van der Waals surface area contributed by atoms with Gasteiger partial charge in [-0.2, -0.15) is 0 Å². The van der Waals surface area contributed by atoms with Gasteiger partial charge < -0.3 is 10.5 Å². The third-order valence-electron chi connectivity index (χ3n) is 3.10. The van der Waals surface area contributed by atoms with Crippen LogP contribution in [0, 0.1) is 6.92 Å². The Kier molecular flexibility index (Phi) is 4.88. The van der Waals surface area contributed by atoms with Crippen LogP contribution in [-0.4, -0.2) is 7.11 Å². The molecule has 2 rings (SSSR count). The van der Waals surface area contributed by atoms with Gasteiger partial charge in [-0.25, -0.2) is 0 Å². The van der Waals surface area contributed by atoms with Gasteiger partial charge in [0.05, 0.1) is 7.11 Å². The summed E-state index contributed by atoms with van der Waals surface area (Å²) in [6, 6.07) is 14.6. The minimum Gasteiger partial charge on any atom is -0.497 e. The zero-order chi connectivity index (χ0) is 13.7. The maximum Gasteiger partial charge on any atom is 0.118 e. The number of ether oxygens (including phenoxy) is 1. The third-order valence-corrected chi connectivity index (χ3v) is 4.16. The predicted octanol–water partition coefficient (Wildman–Crippen LogP) is 3.75. The normalized spacial score (nSPS) is 10.5. The summed E-state index contributed by atoms with van der Waals surface area (Å²) in [4.78, 5) is 1.25. The van der Waals surface area contributed by atoms with Gasteiger partial charge in [0.1, 0.15) is 5.75 Å². The summed E-state index contributed by atoms with van der Waals surface area (Å²) in [5.41, 5.74) is 9.50. The lowest BCUT2D eigenvalue weighted by Gasteiger charge is -2.08. The summed E-state index contributed by atoms with van der Waals surface area (Å²) in [6.45, 7) is 2.75. The summed E-state index contributed by atoms with van der Waals surface area (Å²) in [6.07, 6.45) is 0. The van der Waals surface area contributed by atoms with E-state index in [-0.39, 0.29) is 0 Å². The van der Waals surface area contributed by atoms with E-state index in [9.17, 15) is 0 Å². The molecule has 0 atom stereocenters. The molecule has 0 saturated heterocycles. The van der Waals surface area contributed by atoms with Crippen LogP contribution in [0.3, 0.4) is 0 Å². The van der Waals surface area contributed by atoms with Gasteiger partial charge in [0.25, 0.3) is 0 Å². The highest BCUT2D eigenvalue weighted by Crippen LogP contribution is 2.26. The lowest BCUT2D eigenvalue weighted by molar-refractivity contribution is 0.414. The van der Waals surface area contributed by atoms with E-state index in [1.165, 1.54) is 21.6 Å². The van der Waals surface area contributed by atoms with Crippen molar-refractivity contribution in [2.24, 2.45) is 5.73 Å². The minimum absolute atomic E-state index is 0.604. The SMILES string of the molecule is COc1ccc(SCc2ccc(CN)cc2C)cc1. The van der Waals surface area contributed by atoms with Crippen molar-refractivity contribution in [2.45, 2.75) is 24.1 Å². The van der Waals surface area contributed by atoms with Crippen LogP contribution in [0.2, 0.25) is 0 Å². The number of benzene rings is 2. The Balaban J connectivity index is 2.01. The molecule has 0 bridgehead atoms. The Morgan fingerprint density at radius 1 is 1.11 bits per heavy atom. The average molecular weight is 273 g/mol. The molecule has 2 aromatic carbocycles. The summed E-state index contributed by atoms with van der Waals surface area (Å²) in [7, 11) is 1.69. The number of hydrogen-bond acceptors (Lipinski definition) is 3. The largest absolute Gasteiger partial charge is 0.497 e. The minimum atomic E-state index is 0.604. The molecule has 0 aliphatic heterocycles. The fourth-order valence-electron chi connectivity index (χ4n) is 1.88. The van der Waals surface area contributed by atoms with Crippen LogP contribution in [0.25, 0.3) is 0 Å². The molecule has 0 radical (unpaired) electrons. The molecule has 0 heterocycles. The Labute approximate surface area is 119 Å². The number of rotatable bonds is 5. The van der Waals surface area contributed by atoms with Gasteiger partial charge in [0, 0.05) is 17.2 Å². The zero-order valence-electron chi connectivity index (χ0n) is 11.3. The number of nitrogens with two attached hydrogens (primary N) is 1. The van der Waals surface area contributed by atoms with Crippen LogP contribution < -0.4 is 10.5 Å². The van der Waals surface area contributed by atoms with Gasteiger partial charge in [-0.3, -0.25) is 0 Å². The number of aryl methyl sites for hydroxylation is 1. The van der Waals surface area contributed by atoms with E-state index >= 15 is 0 Å². The Morgan fingerprint density at radius 2 is 1.84 bits per heavy atom. The van der Waals surface area contributed by atoms with E-state index < -0.39 is 0 Å². The summed E-state index contributed by atoms with van der Waals surface area (Å²) >= 11 is 1.83. The van der Waals surface area contributed by atoms with Gasteiger partial charge >= 0.3 is 0 Å². The van der Waals surface area contributed by atoms with Gasteiger partial charge in [0.2, 0.25) is 0 Å². The first kappa shape index (κ1) is 14.0. The van der Waals surface area contributed by atoms with Crippen LogP contribution >= 0.6 is 11.8 Å². The second-order valence-electron chi connectivity index (χ2n) is 4.43. The quantitative estimate of drug-likeness (QED) is 0.843. The van der Waals surface area contributed by atoms with E-state index in [0.717, 1.165) is 11.5 Å². The van der Waals surface area contributed by atoms with Crippen LogP contribution in [0.15, 0.2) is 47.4 Å². The molecular formula is C16H19NOS. The second-order valence-corrected chi connectivity index (χ2v) is 5.48. The molecule has 2 N–H and O–H groups in total. The van der Waals surface area contributed by atoms with E-state index in [2.05, 4.69) is 37.3 Å². The molecule has 0 unspecified atom stereocenters. The van der Waals surface area contributed by atoms with E-state index in [0.29, 0.717) is 6.54 Å². The molecular weight excluding hydrogens is 254 g/mol. The van der Waals surface area contributed by atoms with Gasteiger partial charge in [-0.1, -0.05) is 18.2 Å². The van der Waals surface area contributed by atoms with Crippen molar-refractivity contribution in [1.29, 1.82) is 0 Å². The summed E-state index contributed by atoms with van der Waals surface area (Å²) in [5.74, 6) is 1.87. The van der Waals surface area contributed by atoms with E-state index in [4.69, 9.17) is 10.5 Å². The van der Waals surface area contributed by atoms with Crippen molar-refractivity contribution in [1.82, 2.24) is 0 Å². The number of thioether (sulfide) groups is 1. The summed E-state index contributed by atoms with van der Waals surface area (Å²) in [5, 5.41) is 0. The molecule has 2 aromatic rings. The highest BCUT2D eigenvalue weighted by atomic mass is 32.2. The maximum absolute atomic E-state index is 5.64. The lowest BCUT2D eigenvalue weighted by atomic mass is 10.1. The highest BCUT2D eigenvalue weighted by Gasteiger charge is 2.01. The Morgan fingerprint density at radius 3 is 2.42 bits per heavy atom. The van der Waals surface area contributed by atoms with Crippen LogP contribution in [0.4, 0.5) is 0 Å². The molecule has 0 aromatic heterocycles. The van der Waals surface area contributed by atoms with Gasteiger partial charge in [-0.15, -0.1) is 11.8 Å². The van der Waals surface area contributed by atoms with E-state index in [1.54, 1.807) is 7.11 Å². The fraction of sp³-hybridized carbons (Fsp3) is 0.250. The molecule has 3 heteroatoms. The molecule has 0 aliphatic carbocycles. The first-order chi connectivity index (χ1) is 9.22. The molecule has 0 spiro atoms. The Hall–Kier alpha value is -1.45. The van der Waals surface area contributed by atoms with Crippen molar-refractivity contribution < 1.29 is 4.74 Å². The average Bonchev–Trinajstić information content (AvgIpc) is 2.46. The molecule has 0 amide bonds. The van der Waals surface area contributed by atoms with Crippen molar-refractivity contribution in [3.63, 3.8) is 0 Å². The Bertz CT molecular complexity index is 537. The van der Waals surface area contributed by atoms with Crippen molar-refractivity contribution in [3.05, 3.63) is 59.2 Å². The summed E-state index contributed by atoms with van der Waals surface area (Å²) < 4.78 is 5.16. The number of methoxy groups -OCH3 is 1. The number of hydrogen-bond donors (Lipinski definition) is 1. The van der Waals surface area contributed by atoms with Crippen molar-refractivity contribution >= 4 is 11.8 Å². The van der Waals surface area contributed by atoms with E-state index in [1.807, 2.05) is 23.9 Å². The van der Waals surface area contributed by atoms with Gasteiger partial charge in [-0.05, 0) is 47.9 Å². The highest BCUT2D eigenvalue weighted by molar-refractivity contribution is 7.98. The van der Waals surface area contributed by atoms with Crippen LogP contribution in [0.1, 0.15) is 16.7 Å². The smallest absolute Gasteiger partial charge is 0.118 e. The molecule has 19 heavy (non-hydrogen) atoms. The molecule has 100 valence electrons. The predicted molar refractivity (Wildman–Crippen MR) is 81.6 cm³/mol. The lowest BCUT2D eigenvalue weighted by Crippen LogP contribution is -1.97. The fourth-order valence-corrected chi connectivity index (χ4v) is 2.85. The first-order valence-corrected chi connectivity index (χ1v) is 7.27. The first-order valence-electron chi connectivity index (χ1n) is 6.28. The molecule has 0 saturated carbocycles. The molecule has 0 aliphatic rings. The standard InChI is InChI=1S/C16H19NOS/c1-12-9-13(10-17)3-4-14(12)11-19-16-7-5-15(18-2)6-8-16/h3-9H,10-11,17H2,1-2H3. The van der Waals surface area contributed by atoms with Gasteiger partial charge in [0.15, 0.2) is 0 Å². The zero-order valence-corrected chi connectivity index (χ0v) is 12.2. The third kappa shape index (κ3) is 3.75. The molecule has 2 nitrogen and oxygen atoms in total. The topological polar surface area (TPSA) is 35.2 Å². The van der Waals surface area contributed by atoms with Crippen LogP contribution in [0.5, 0.6) is 5.75 Å². The van der Waals surface area contributed by atoms with Crippen molar-refractivity contribution in [3.8, 4) is 5.75 Å². The van der Waals surface area contributed by atoms with Crippen molar-refractivity contribution in [2.75, 3.05) is 7.11 Å².